The molecule has 0 aromatic heterocycles. The van der Waals surface area contributed by atoms with Crippen LogP contribution in [0.3, 0.4) is 0 Å². The lowest BCUT2D eigenvalue weighted by Crippen LogP contribution is -1.98. The average Bonchev–Trinajstić information content (AvgIpc) is 2.16. The molecule has 1 aromatic rings. The van der Waals surface area contributed by atoms with Crippen molar-refractivity contribution >= 4 is 0 Å². The standard InChI is InChI=1S/C10H15N.C2H6/c1-7-4-10(6-11)5-8(2)9(7)3;1-2/h4-5H,6,11H2,1-3H3;1-2H3. The Morgan fingerprint density at radius 2 is 1.38 bits per heavy atom. The Morgan fingerprint density at radius 3 is 1.69 bits per heavy atom. The first kappa shape index (κ1) is 12.2. The molecule has 74 valence electrons. The van der Waals surface area contributed by atoms with Crippen LogP contribution in [0, 0.1) is 20.8 Å². The zero-order valence-electron chi connectivity index (χ0n) is 9.44. The summed E-state index contributed by atoms with van der Waals surface area (Å²) in [5.41, 5.74) is 10.8. The summed E-state index contributed by atoms with van der Waals surface area (Å²) in [6.45, 7) is 11.0. The molecular weight excluding hydrogens is 158 g/mol. The monoisotopic (exact) mass is 179 g/mol. The summed E-state index contributed by atoms with van der Waals surface area (Å²) < 4.78 is 0. The van der Waals surface area contributed by atoms with Crippen molar-refractivity contribution in [2.45, 2.75) is 41.2 Å². The fraction of sp³-hybridized carbons (Fsp3) is 0.500. The normalized spacial score (nSPS) is 9.08. The Kier molecular flexibility index (Phi) is 5.40. The highest BCUT2D eigenvalue weighted by Gasteiger charge is 1.98. The third-order valence-electron chi connectivity index (χ3n) is 2.22. The van der Waals surface area contributed by atoms with Crippen molar-refractivity contribution in [3.8, 4) is 0 Å². The molecular formula is C12H21N. The van der Waals surface area contributed by atoms with E-state index in [4.69, 9.17) is 5.73 Å². The fourth-order valence-electron chi connectivity index (χ4n) is 1.24. The van der Waals surface area contributed by atoms with Gasteiger partial charge < -0.3 is 5.73 Å². The van der Waals surface area contributed by atoms with Gasteiger partial charge in [0.2, 0.25) is 0 Å². The van der Waals surface area contributed by atoms with Crippen LogP contribution in [0.4, 0.5) is 0 Å². The minimum atomic E-state index is 0.641. The zero-order chi connectivity index (χ0) is 10.4. The number of hydrogen-bond donors (Lipinski definition) is 1. The molecule has 0 amide bonds. The van der Waals surface area contributed by atoms with Crippen molar-refractivity contribution in [3.05, 3.63) is 34.4 Å². The highest BCUT2D eigenvalue weighted by atomic mass is 14.5. The maximum atomic E-state index is 5.54. The number of benzene rings is 1. The maximum Gasteiger partial charge on any atom is 0.0178 e. The van der Waals surface area contributed by atoms with Gasteiger partial charge in [0.05, 0.1) is 0 Å². The Labute approximate surface area is 82.0 Å². The van der Waals surface area contributed by atoms with Crippen molar-refractivity contribution in [2.24, 2.45) is 5.73 Å². The van der Waals surface area contributed by atoms with Gasteiger partial charge in [-0.3, -0.25) is 0 Å². The molecule has 0 bridgehead atoms. The van der Waals surface area contributed by atoms with Gasteiger partial charge in [-0.2, -0.15) is 0 Å². The number of rotatable bonds is 1. The van der Waals surface area contributed by atoms with Crippen LogP contribution in [0.1, 0.15) is 36.1 Å². The molecule has 1 heteroatoms. The molecule has 0 heterocycles. The van der Waals surface area contributed by atoms with E-state index in [1.807, 2.05) is 13.8 Å². The Balaban J connectivity index is 0.000000671. The fourth-order valence-corrected chi connectivity index (χ4v) is 1.24. The smallest absolute Gasteiger partial charge is 0.0178 e. The van der Waals surface area contributed by atoms with E-state index in [1.54, 1.807) is 0 Å². The van der Waals surface area contributed by atoms with Crippen LogP contribution in [-0.4, -0.2) is 0 Å². The van der Waals surface area contributed by atoms with E-state index in [9.17, 15) is 0 Å². The minimum Gasteiger partial charge on any atom is -0.326 e. The van der Waals surface area contributed by atoms with E-state index in [1.165, 1.54) is 22.3 Å². The number of hydrogen-bond acceptors (Lipinski definition) is 1. The van der Waals surface area contributed by atoms with Crippen LogP contribution >= 0.6 is 0 Å². The molecule has 0 saturated heterocycles. The largest absolute Gasteiger partial charge is 0.326 e. The summed E-state index contributed by atoms with van der Waals surface area (Å²) in [6.07, 6.45) is 0. The lowest BCUT2D eigenvalue weighted by atomic mass is 10.0. The zero-order valence-corrected chi connectivity index (χ0v) is 9.44. The van der Waals surface area contributed by atoms with Gasteiger partial charge in [0.25, 0.3) is 0 Å². The first-order valence-electron chi connectivity index (χ1n) is 4.92. The second-order valence-electron chi connectivity index (χ2n) is 3.06. The third-order valence-corrected chi connectivity index (χ3v) is 2.22. The predicted octanol–water partition coefficient (Wildman–Crippen LogP) is 3.10. The van der Waals surface area contributed by atoms with Crippen molar-refractivity contribution < 1.29 is 0 Å². The molecule has 0 aliphatic heterocycles. The van der Waals surface area contributed by atoms with Crippen LogP contribution in [-0.2, 0) is 6.54 Å². The average molecular weight is 179 g/mol. The molecule has 0 spiro atoms. The Bertz CT molecular complexity index is 241. The third kappa shape index (κ3) is 3.19. The van der Waals surface area contributed by atoms with Crippen LogP contribution in [0.25, 0.3) is 0 Å². The lowest BCUT2D eigenvalue weighted by molar-refractivity contribution is 1.05. The lowest BCUT2D eigenvalue weighted by Gasteiger charge is -2.06. The summed E-state index contributed by atoms with van der Waals surface area (Å²) in [5, 5.41) is 0. The topological polar surface area (TPSA) is 26.0 Å². The molecule has 0 unspecified atom stereocenters. The number of aryl methyl sites for hydroxylation is 2. The van der Waals surface area contributed by atoms with Gasteiger partial charge >= 0.3 is 0 Å². The van der Waals surface area contributed by atoms with E-state index in [0.29, 0.717) is 6.54 Å². The molecule has 0 fully saturated rings. The minimum absolute atomic E-state index is 0.641. The predicted molar refractivity (Wildman–Crippen MR) is 59.9 cm³/mol. The SMILES string of the molecule is CC.Cc1cc(CN)cc(C)c1C. The van der Waals surface area contributed by atoms with Crippen LogP contribution in [0.15, 0.2) is 12.1 Å². The summed E-state index contributed by atoms with van der Waals surface area (Å²) in [6, 6.07) is 4.31. The van der Waals surface area contributed by atoms with Crippen molar-refractivity contribution in [3.63, 3.8) is 0 Å². The summed E-state index contributed by atoms with van der Waals surface area (Å²) in [5.74, 6) is 0. The summed E-state index contributed by atoms with van der Waals surface area (Å²) in [4.78, 5) is 0. The first-order chi connectivity index (χ1) is 6.15. The second kappa shape index (κ2) is 5.76. The number of nitrogens with two attached hydrogens (primary N) is 1. The molecule has 0 radical (unpaired) electrons. The molecule has 0 atom stereocenters. The van der Waals surface area contributed by atoms with E-state index in [0.717, 1.165) is 0 Å². The van der Waals surface area contributed by atoms with Gasteiger partial charge in [-0.15, -0.1) is 0 Å². The Hall–Kier alpha value is -0.820. The molecule has 1 aromatic carbocycles. The van der Waals surface area contributed by atoms with E-state index in [-0.39, 0.29) is 0 Å². The van der Waals surface area contributed by atoms with Crippen LogP contribution in [0.2, 0.25) is 0 Å². The Morgan fingerprint density at radius 1 is 1.00 bits per heavy atom. The summed E-state index contributed by atoms with van der Waals surface area (Å²) >= 11 is 0. The van der Waals surface area contributed by atoms with Gasteiger partial charge in [0.1, 0.15) is 0 Å². The molecule has 1 nitrogen and oxygen atoms in total. The van der Waals surface area contributed by atoms with Gasteiger partial charge in [-0.05, 0) is 43.0 Å². The van der Waals surface area contributed by atoms with Crippen molar-refractivity contribution in [1.82, 2.24) is 0 Å². The van der Waals surface area contributed by atoms with Crippen molar-refractivity contribution in [2.75, 3.05) is 0 Å². The van der Waals surface area contributed by atoms with Crippen LogP contribution < -0.4 is 5.73 Å². The van der Waals surface area contributed by atoms with Crippen LogP contribution in [0.5, 0.6) is 0 Å². The highest BCUT2D eigenvalue weighted by Crippen LogP contribution is 2.14. The molecule has 0 saturated carbocycles. The van der Waals surface area contributed by atoms with E-state index < -0.39 is 0 Å². The van der Waals surface area contributed by atoms with Gasteiger partial charge in [-0.1, -0.05) is 26.0 Å². The van der Waals surface area contributed by atoms with Gasteiger partial charge in [0.15, 0.2) is 0 Å². The second-order valence-corrected chi connectivity index (χ2v) is 3.06. The molecule has 1 rings (SSSR count). The van der Waals surface area contributed by atoms with E-state index >= 15 is 0 Å². The molecule has 13 heavy (non-hydrogen) atoms. The molecule has 0 aliphatic carbocycles. The highest BCUT2D eigenvalue weighted by molar-refractivity contribution is 5.36. The first-order valence-corrected chi connectivity index (χ1v) is 4.92. The van der Waals surface area contributed by atoms with Gasteiger partial charge in [-0.25, -0.2) is 0 Å². The maximum absolute atomic E-state index is 5.54. The summed E-state index contributed by atoms with van der Waals surface area (Å²) in [7, 11) is 0. The molecule has 2 N–H and O–H groups in total. The van der Waals surface area contributed by atoms with Crippen molar-refractivity contribution in [1.29, 1.82) is 0 Å². The van der Waals surface area contributed by atoms with E-state index in [2.05, 4.69) is 32.9 Å². The van der Waals surface area contributed by atoms with Gasteiger partial charge in [0, 0.05) is 6.54 Å². The quantitative estimate of drug-likeness (QED) is 0.704. The molecule has 0 aliphatic rings.